The Bertz CT molecular complexity index is 400. The van der Waals surface area contributed by atoms with Crippen LogP contribution in [0.15, 0.2) is 24.3 Å². The van der Waals surface area contributed by atoms with Crippen LogP contribution in [0.1, 0.15) is 23.7 Å². The minimum Gasteiger partial charge on any atom is -0.493 e. The number of carboxylic acids is 1. The molecular weight excluding hydrogens is 224 g/mol. The molecule has 1 rings (SSSR count). The van der Waals surface area contributed by atoms with Gasteiger partial charge in [0.2, 0.25) is 0 Å². The van der Waals surface area contributed by atoms with Gasteiger partial charge in [0.25, 0.3) is 0 Å². The molecule has 0 saturated carbocycles. The molecular formula is C12H14O5. The lowest BCUT2D eigenvalue weighted by Gasteiger charge is -2.08. The van der Waals surface area contributed by atoms with Crippen molar-refractivity contribution in [2.75, 3.05) is 13.2 Å². The molecule has 0 amide bonds. The van der Waals surface area contributed by atoms with Gasteiger partial charge in [0.1, 0.15) is 11.3 Å². The van der Waals surface area contributed by atoms with Gasteiger partial charge in [-0.05, 0) is 12.1 Å². The molecule has 0 unspecified atom stereocenters. The van der Waals surface area contributed by atoms with Crippen molar-refractivity contribution >= 4 is 11.9 Å². The first kappa shape index (κ1) is 13.0. The molecule has 0 aliphatic heterocycles. The number of aromatic carboxylic acids is 1. The van der Waals surface area contributed by atoms with Crippen molar-refractivity contribution in [2.45, 2.75) is 13.3 Å². The zero-order valence-corrected chi connectivity index (χ0v) is 9.51. The van der Waals surface area contributed by atoms with E-state index in [0.717, 1.165) is 0 Å². The molecule has 1 aromatic carbocycles. The number of carbonyl (C=O) groups excluding carboxylic acids is 1. The van der Waals surface area contributed by atoms with Gasteiger partial charge in [0.05, 0.1) is 13.2 Å². The third kappa shape index (κ3) is 4.55. The summed E-state index contributed by atoms with van der Waals surface area (Å²) in [5.41, 5.74) is 0.125. The monoisotopic (exact) mass is 238 g/mol. The number of carbonyl (C=O) groups is 2. The Morgan fingerprint density at radius 3 is 2.59 bits per heavy atom. The number of hydrogen-bond donors (Lipinski definition) is 1. The predicted molar refractivity (Wildman–Crippen MR) is 60.1 cm³/mol. The lowest BCUT2D eigenvalue weighted by atomic mass is 10.2. The Balaban J connectivity index is 2.41. The second-order valence-corrected chi connectivity index (χ2v) is 3.34. The van der Waals surface area contributed by atoms with E-state index in [-0.39, 0.29) is 18.1 Å². The lowest BCUT2D eigenvalue weighted by molar-refractivity contribution is -0.141. The average molecular weight is 238 g/mol. The molecule has 92 valence electrons. The van der Waals surface area contributed by atoms with Crippen LogP contribution in [0, 0.1) is 0 Å². The van der Waals surface area contributed by atoms with Gasteiger partial charge in [-0.25, -0.2) is 4.79 Å². The van der Waals surface area contributed by atoms with E-state index in [0.29, 0.717) is 18.8 Å². The molecule has 0 saturated heterocycles. The molecule has 0 heterocycles. The second kappa shape index (κ2) is 6.52. The molecule has 0 atom stereocenters. The van der Waals surface area contributed by atoms with Gasteiger partial charge >= 0.3 is 11.9 Å². The topological polar surface area (TPSA) is 72.8 Å². The molecule has 0 aromatic heterocycles. The SMILES string of the molecule is CC(=O)OCCCOc1ccccc1C(=O)O. The van der Waals surface area contributed by atoms with Crippen molar-refractivity contribution in [2.24, 2.45) is 0 Å². The van der Waals surface area contributed by atoms with Crippen molar-refractivity contribution in [1.29, 1.82) is 0 Å². The fraction of sp³-hybridized carbons (Fsp3) is 0.333. The predicted octanol–water partition coefficient (Wildman–Crippen LogP) is 1.72. The van der Waals surface area contributed by atoms with E-state index in [1.54, 1.807) is 18.2 Å². The third-order valence-electron chi connectivity index (χ3n) is 1.97. The maximum atomic E-state index is 10.9. The molecule has 0 bridgehead atoms. The largest absolute Gasteiger partial charge is 0.493 e. The Labute approximate surface area is 99.0 Å². The lowest BCUT2D eigenvalue weighted by Crippen LogP contribution is -2.08. The molecule has 0 fully saturated rings. The van der Waals surface area contributed by atoms with Crippen LogP contribution in [0.25, 0.3) is 0 Å². The van der Waals surface area contributed by atoms with Crippen molar-refractivity contribution in [3.05, 3.63) is 29.8 Å². The molecule has 5 heteroatoms. The first-order chi connectivity index (χ1) is 8.11. The molecule has 1 aromatic rings. The first-order valence-corrected chi connectivity index (χ1v) is 5.19. The third-order valence-corrected chi connectivity index (χ3v) is 1.97. The van der Waals surface area contributed by atoms with Gasteiger partial charge < -0.3 is 14.6 Å². The van der Waals surface area contributed by atoms with Gasteiger partial charge in [-0.2, -0.15) is 0 Å². The van der Waals surface area contributed by atoms with Crippen molar-refractivity contribution < 1.29 is 24.2 Å². The van der Waals surface area contributed by atoms with Crippen LogP contribution < -0.4 is 4.74 Å². The molecule has 17 heavy (non-hydrogen) atoms. The molecule has 0 aliphatic rings. The van der Waals surface area contributed by atoms with Crippen LogP contribution in [-0.4, -0.2) is 30.3 Å². The zero-order chi connectivity index (χ0) is 12.7. The Kier molecular flexibility index (Phi) is 5.00. The van der Waals surface area contributed by atoms with Crippen LogP contribution in [-0.2, 0) is 9.53 Å². The molecule has 0 spiro atoms. The summed E-state index contributed by atoms with van der Waals surface area (Å²) in [4.78, 5) is 21.3. The fourth-order valence-electron chi connectivity index (χ4n) is 1.23. The minimum atomic E-state index is -1.03. The quantitative estimate of drug-likeness (QED) is 0.603. The summed E-state index contributed by atoms with van der Waals surface area (Å²) in [5, 5.41) is 8.89. The highest BCUT2D eigenvalue weighted by Crippen LogP contribution is 2.17. The number of carboxylic acid groups (broad SMARTS) is 1. The van der Waals surface area contributed by atoms with E-state index in [9.17, 15) is 9.59 Å². The van der Waals surface area contributed by atoms with Gasteiger partial charge in [0, 0.05) is 13.3 Å². The summed E-state index contributed by atoms with van der Waals surface area (Å²) in [5.74, 6) is -1.04. The zero-order valence-electron chi connectivity index (χ0n) is 9.51. The summed E-state index contributed by atoms with van der Waals surface area (Å²) in [6, 6.07) is 6.40. The maximum absolute atomic E-state index is 10.9. The van der Waals surface area contributed by atoms with E-state index >= 15 is 0 Å². The minimum absolute atomic E-state index is 0.125. The Morgan fingerprint density at radius 2 is 1.94 bits per heavy atom. The summed E-state index contributed by atoms with van der Waals surface area (Å²) in [7, 11) is 0. The number of benzene rings is 1. The van der Waals surface area contributed by atoms with E-state index in [4.69, 9.17) is 14.6 Å². The summed E-state index contributed by atoms with van der Waals surface area (Å²) in [6.45, 7) is 1.91. The Hall–Kier alpha value is -2.04. The molecule has 5 nitrogen and oxygen atoms in total. The molecule has 0 radical (unpaired) electrons. The van der Waals surface area contributed by atoms with Crippen LogP contribution in [0.4, 0.5) is 0 Å². The van der Waals surface area contributed by atoms with Crippen LogP contribution in [0.5, 0.6) is 5.75 Å². The van der Waals surface area contributed by atoms with E-state index < -0.39 is 5.97 Å². The van der Waals surface area contributed by atoms with Gasteiger partial charge in [-0.3, -0.25) is 4.79 Å². The summed E-state index contributed by atoms with van der Waals surface area (Å²) in [6.07, 6.45) is 0.521. The molecule has 0 aliphatic carbocycles. The standard InChI is InChI=1S/C12H14O5/c1-9(13)16-7-4-8-17-11-6-3-2-5-10(11)12(14)15/h2-3,5-6H,4,7-8H2,1H3,(H,14,15). The number of esters is 1. The highest BCUT2D eigenvalue weighted by Gasteiger charge is 2.09. The van der Waals surface area contributed by atoms with Crippen LogP contribution in [0.3, 0.4) is 0 Å². The van der Waals surface area contributed by atoms with Crippen LogP contribution >= 0.6 is 0 Å². The van der Waals surface area contributed by atoms with Gasteiger partial charge in [0.15, 0.2) is 0 Å². The van der Waals surface area contributed by atoms with Crippen molar-refractivity contribution in [1.82, 2.24) is 0 Å². The number of rotatable bonds is 6. The van der Waals surface area contributed by atoms with Gasteiger partial charge in [-0.1, -0.05) is 12.1 Å². The highest BCUT2D eigenvalue weighted by atomic mass is 16.5. The van der Waals surface area contributed by atoms with Crippen molar-refractivity contribution in [3.63, 3.8) is 0 Å². The Morgan fingerprint density at radius 1 is 1.24 bits per heavy atom. The fourth-order valence-corrected chi connectivity index (χ4v) is 1.23. The number of para-hydroxylation sites is 1. The summed E-state index contributed by atoms with van der Waals surface area (Å²) >= 11 is 0. The van der Waals surface area contributed by atoms with Crippen LogP contribution in [0.2, 0.25) is 0 Å². The molecule has 1 N–H and O–H groups in total. The summed E-state index contributed by atoms with van der Waals surface area (Å²) < 4.78 is 10.0. The normalized spacial score (nSPS) is 9.71. The first-order valence-electron chi connectivity index (χ1n) is 5.19. The van der Waals surface area contributed by atoms with E-state index in [2.05, 4.69) is 0 Å². The maximum Gasteiger partial charge on any atom is 0.339 e. The number of hydrogen-bond acceptors (Lipinski definition) is 4. The highest BCUT2D eigenvalue weighted by molar-refractivity contribution is 5.90. The number of ether oxygens (including phenoxy) is 2. The second-order valence-electron chi connectivity index (χ2n) is 3.34. The van der Waals surface area contributed by atoms with Gasteiger partial charge in [-0.15, -0.1) is 0 Å². The smallest absolute Gasteiger partial charge is 0.339 e. The van der Waals surface area contributed by atoms with Crippen molar-refractivity contribution in [3.8, 4) is 5.75 Å². The van der Waals surface area contributed by atoms with E-state index in [1.165, 1.54) is 13.0 Å². The van der Waals surface area contributed by atoms with E-state index in [1.807, 2.05) is 0 Å². The average Bonchev–Trinajstić information content (AvgIpc) is 2.28.